The quantitative estimate of drug-likeness (QED) is 0.672. The zero-order valence-corrected chi connectivity index (χ0v) is 10.8. The van der Waals surface area contributed by atoms with Crippen LogP contribution in [0.5, 0.6) is 0 Å². The van der Waals surface area contributed by atoms with E-state index in [0.29, 0.717) is 16.7 Å². The molecule has 0 saturated heterocycles. The third-order valence-corrected chi connectivity index (χ3v) is 2.77. The van der Waals surface area contributed by atoms with Gasteiger partial charge >= 0.3 is 0 Å². The number of furan rings is 1. The lowest BCUT2D eigenvalue weighted by atomic mass is 10.4. The monoisotopic (exact) mass is 264 g/mol. The van der Waals surface area contributed by atoms with E-state index in [1.165, 1.54) is 17.8 Å². The fourth-order valence-corrected chi connectivity index (χ4v) is 1.78. The number of rotatable bonds is 4. The van der Waals surface area contributed by atoms with Crippen LogP contribution in [0, 0.1) is 6.92 Å². The van der Waals surface area contributed by atoms with Gasteiger partial charge in [-0.05, 0) is 31.4 Å². The third kappa shape index (κ3) is 2.80. The normalized spacial score (nSPS) is 11.0. The zero-order chi connectivity index (χ0) is 13.0. The summed E-state index contributed by atoms with van der Waals surface area (Å²) < 4.78 is 6.63. The highest BCUT2D eigenvalue weighted by Crippen LogP contribution is 2.11. The molecule has 18 heavy (non-hydrogen) atoms. The van der Waals surface area contributed by atoms with E-state index in [0.717, 1.165) is 0 Å². The van der Waals surface area contributed by atoms with Gasteiger partial charge in [0.15, 0.2) is 0 Å². The second kappa shape index (κ2) is 5.54. The van der Waals surface area contributed by atoms with Crippen LogP contribution < -0.4 is 5.43 Å². The van der Waals surface area contributed by atoms with E-state index in [2.05, 4.69) is 15.6 Å². The summed E-state index contributed by atoms with van der Waals surface area (Å²) in [4.78, 5) is 11.7. The number of nitrogens with zero attached hydrogens (tertiary/aromatic N) is 3. The minimum Gasteiger partial charge on any atom is -0.465 e. The van der Waals surface area contributed by atoms with Crippen LogP contribution in [0.2, 0.25) is 0 Å². The van der Waals surface area contributed by atoms with Gasteiger partial charge in [-0.1, -0.05) is 11.8 Å². The summed E-state index contributed by atoms with van der Waals surface area (Å²) in [5.41, 5.74) is 2.68. The highest BCUT2D eigenvalue weighted by molar-refractivity contribution is 7.98. The minimum absolute atomic E-state index is 0.274. The van der Waals surface area contributed by atoms with Gasteiger partial charge in [0.05, 0.1) is 6.26 Å². The number of amides is 1. The number of aryl methyl sites for hydroxylation is 1. The van der Waals surface area contributed by atoms with Crippen molar-refractivity contribution in [1.29, 1.82) is 0 Å². The van der Waals surface area contributed by atoms with Crippen molar-refractivity contribution in [2.75, 3.05) is 11.7 Å². The van der Waals surface area contributed by atoms with Gasteiger partial charge in [0.25, 0.3) is 5.91 Å². The van der Waals surface area contributed by atoms with E-state index in [-0.39, 0.29) is 5.91 Å². The van der Waals surface area contributed by atoms with Crippen molar-refractivity contribution in [3.05, 3.63) is 36.1 Å². The summed E-state index contributed by atoms with van der Waals surface area (Å²) in [6.07, 6.45) is 6.40. The van der Waals surface area contributed by atoms with Crippen LogP contribution in [-0.4, -0.2) is 27.0 Å². The van der Waals surface area contributed by atoms with Crippen LogP contribution in [0.25, 0.3) is 6.08 Å². The Balaban J connectivity index is 2.05. The standard InChI is InChI=1S/C11H12N4O2S/c1-8-12-13-11(18-2)15(8)14-10(16)6-5-9-4-3-7-17-9/h3-7H,1-2H3,(H,14,16). The van der Waals surface area contributed by atoms with Crippen LogP contribution in [-0.2, 0) is 4.79 Å². The summed E-state index contributed by atoms with van der Waals surface area (Å²) in [7, 11) is 0. The molecule has 0 aliphatic heterocycles. The van der Waals surface area contributed by atoms with Gasteiger partial charge < -0.3 is 4.42 Å². The maximum absolute atomic E-state index is 11.7. The Morgan fingerprint density at radius 1 is 1.56 bits per heavy atom. The molecule has 0 aliphatic rings. The first-order valence-corrected chi connectivity index (χ1v) is 6.42. The minimum atomic E-state index is -0.274. The molecular weight excluding hydrogens is 252 g/mol. The van der Waals surface area contributed by atoms with E-state index < -0.39 is 0 Å². The second-order valence-corrected chi connectivity index (χ2v) is 4.17. The molecule has 0 aliphatic carbocycles. The fourth-order valence-electron chi connectivity index (χ4n) is 1.30. The molecular formula is C11H12N4O2S. The van der Waals surface area contributed by atoms with Gasteiger partial charge in [-0.2, -0.15) is 0 Å². The Morgan fingerprint density at radius 3 is 3.06 bits per heavy atom. The molecule has 0 radical (unpaired) electrons. The average molecular weight is 264 g/mol. The lowest BCUT2D eigenvalue weighted by molar-refractivity contribution is -0.112. The Bertz CT molecular complexity index is 560. The number of carbonyl (C=O) groups excluding carboxylic acids is 1. The predicted octanol–water partition coefficient (Wildman–Crippen LogP) is 1.68. The second-order valence-electron chi connectivity index (χ2n) is 3.39. The van der Waals surface area contributed by atoms with Gasteiger partial charge in [0, 0.05) is 6.08 Å². The summed E-state index contributed by atoms with van der Waals surface area (Å²) in [5.74, 6) is 0.972. The average Bonchev–Trinajstić information content (AvgIpc) is 2.98. The Labute approximate surface area is 108 Å². The van der Waals surface area contributed by atoms with Crippen molar-refractivity contribution < 1.29 is 9.21 Å². The molecule has 0 atom stereocenters. The Hall–Kier alpha value is -2.02. The fraction of sp³-hybridized carbons (Fsp3) is 0.182. The maximum atomic E-state index is 11.7. The van der Waals surface area contributed by atoms with Crippen LogP contribution in [0.1, 0.15) is 11.6 Å². The van der Waals surface area contributed by atoms with E-state index in [1.807, 2.05) is 6.26 Å². The molecule has 0 fully saturated rings. The summed E-state index contributed by atoms with van der Waals surface area (Å²) in [6, 6.07) is 3.52. The van der Waals surface area contributed by atoms with Crippen molar-refractivity contribution in [2.45, 2.75) is 12.1 Å². The van der Waals surface area contributed by atoms with E-state index in [4.69, 9.17) is 4.42 Å². The van der Waals surface area contributed by atoms with Crippen molar-refractivity contribution >= 4 is 23.7 Å². The highest BCUT2D eigenvalue weighted by Gasteiger charge is 2.08. The molecule has 94 valence electrons. The Morgan fingerprint density at radius 2 is 2.39 bits per heavy atom. The molecule has 0 spiro atoms. The lowest BCUT2D eigenvalue weighted by Gasteiger charge is -2.06. The van der Waals surface area contributed by atoms with Crippen LogP contribution in [0.4, 0.5) is 0 Å². The number of nitrogens with one attached hydrogen (secondary N) is 1. The maximum Gasteiger partial charge on any atom is 0.263 e. The number of hydrogen-bond donors (Lipinski definition) is 1. The van der Waals surface area contributed by atoms with Gasteiger partial charge in [0.2, 0.25) is 5.16 Å². The van der Waals surface area contributed by atoms with Crippen molar-refractivity contribution in [3.8, 4) is 0 Å². The zero-order valence-electron chi connectivity index (χ0n) is 9.95. The molecule has 2 aromatic rings. The molecule has 0 aromatic carbocycles. The number of aromatic nitrogens is 3. The first-order valence-electron chi connectivity index (χ1n) is 5.19. The molecule has 2 heterocycles. The van der Waals surface area contributed by atoms with Crippen molar-refractivity contribution in [3.63, 3.8) is 0 Å². The van der Waals surface area contributed by atoms with Crippen LogP contribution in [0.3, 0.4) is 0 Å². The molecule has 0 unspecified atom stereocenters. The smallest absolute Gasteiger partial charge is 0.263 e. The van der Waals surface area contributed by atoms with Gasteiger partial charge in [-0.25, -0.2) is 4.68 Å². The molecule has 2 aromatic heterocycles. The van der Waals surface area contributed by atoms with Crippen LogP contribution in [0.15, 0.2) is 34.0 Å². The highest BCUT2D eigenvalue weighted by atomic mass is 32.2. The SMILES string of the molecule is CSc1nnc(C)n1NC(=O)C=Cc1ccco1. The molecule has 1 N–H and O–H groups in total. The number of thioether (sulfide) groups is 1. The van der Waals surface area contributed by atoms with E-state index in [9.17, 15) is 4.79 Å². The predicted molar refractivity (Wildman–Crippen MR) is 68.6 cm³/mol. The van der Waals surface area contributed by atoms with Crippen molar-refractivity contribution in [1.82, 2.24) is 14.9 Å². The first-order chi connectivity index (χ1) is 8.70. The molecule has 1 amide bonds. The molecule has 6 nitrogen and oxygen atoms in total. The third-order valence-electron chi connectivity index (χ3n) is 2.14. The summed E-state index contributed by atoms with van der Waals surface area (Å²) in [5, 5.41) is 8.43. The molecule has 0 saturated carbocycles. The summed E-state index contributed by atoms with van der Waals surface area (Å²) >= 11 is 1.41. The van der Waals surface area contributed by atoms with Gasteiger partial charge in [0.1, 0.15) is 11.6 Å². The first kappa shape index (κ1) is 12.4. The summed E-state index contributed by atoms with van der Waals surface area (Å²) in [6.45, 7) is 1.77. The van der Waals surface area contributed by atoms with E-state index in [1.54, 1.807) is 36.1 Å². The largest absolute Gasteiger partial charge is 0.465 e. The molecule has 7 heteroatoms. The van der Waals surface area contributed by atoms with Gasteiger partial charge in [-0.3, -0.25) is 10.2 Å². The van der Waals surface area contributed by atoms with Crippen molar-refractivity contribution in [2.24, 2.45) is 0 Å². The Kier molecular flexibility index (Phi) is 3.83. The molecule has 2 rings (SSSR count). The van der Waals surface area contributed by atoms with Gasteiger partial charge in [-0.15, -0.1) is 10.2 Å². The van der Waals surface area contributed by atoms with Crippen LogP contribution >= 0.6 is 11.8 Å². The topological polar surface area (TPSA) is 73.0 Å². The van der Waals surface area contributed by atoms with E-state index >= 15 is 0 Å². The lowest BCUT2D eigenvalue weighted by Crippen LogP contribution is -2.22. The number of carbonyl (C=O) groups is 1. The number of hydrogen-bond acceptors (Lipinski definition) is 5. The molecule has 0 bridgehead atoms.